The average molecular weight is 300 g/mol. The van der Waals surface area contributed by atoms with Crippen molar-refractivity contribution in [1.29, 1.82) is 0 Å². The fourth-order valence-electron chi connectivity index (χ4n) is 0.982. The third-order valence-electron chi connectivity index (χ3n) is 1.94. The second-order valence-corrected chi connectivity index (χ2v) is 8.67. The highest BCUT2D eigenvalue weighted by atomic mass is 32.4. The zero-order chi connectivity index (χ0) is 12.2. The molecule has 16 heavy (non-hydrogen) atoms. The van der Waals surface area contributed by atoms with Crippen molar-refractivity contribution in [2.24, 2.45) is 0 Å². The molecule has 0 fully saturated rings. The number of unbranched alkanes of at least 4 members (excludes halogenated alkanes) is 2. The van der Waals surface area contributed by atoms with E-state index in [4.69, 9.17) is 32.7 Å². The molecule has 0 heterocycles. The molecule has 0 aromatic heterocycles. The second kappa shape index (κ2) is 12.4. The van der Waals surface area contributed by atoms with Crippen molar-refractivity contribution in [2.75, 3.05) is 25.5 Å². The number of rotatable bonds is 11. The first-order chi connectivity index (χ1) is 7.70. The monoisotopic (exact) mass is 300 g/mol. The van der Waals surface area contributed by atoms with E-state index in [2.05, 4.69) is 13.8 Å². The third kappa shape index (κ3) is 11.4. The van der Waals surface area contributed by atoms with Crippen LogP contribution < -0.4 is 0 Å². The van der Waals surface area contributed by atoms with Crippen LogP contribution in [0.25, 0.3) is 0 Å². The van der Waals surface area contributed by atoms with Crippen molar-refractivity contribution >= 4 is 37.5 Å². The molecule has 0 saturated heterocycles. The van der Waals surface area contributed by atoms with Crippen molar-refractivity contribution < 1.29 is 9.05 Å². The Balaban J connectivity index is 3.31. The summed E-state index contributed by atoms with van der Waals surface area (Å²) >= 11 is 10.4. The van der Waals surface area contributed by atoms with Crippen LogP contribution >= 0.6 is 13.8 Å². The standard InChI is InChI=1S/C10H22O2P2S2/c1-3-5-9-13(15)11-7-8-12-14(16)10-6-4-2/h3-10H2,1-2H3/q+2. The maximum atomic E-state index is 5.52. The Morgan fingerprint density at radius 3 is 1.50 bits per heavy atom. The summed E-state index contributed by atoms with van der Waals surface area (Å²) in [5.74, 6) is 0. The van der Waals surface area contributed by atoms with Gasteiger partial charge in [-0.1, -0.05) is 26.7 Å². The molecule has 0 N–H and O–H groups in total. The number of hydrogen-bond acceptors (Lipinski definition) is 4. The van der Waals surface area contributed by atoms with Crippen molar-refractivity contribution in [2.45, 2.75) is 39.5 Å². The van der Waals surface area contributed by atoms with Gasteiger partial charge in [0.25, 0.3) is 0 Å². The van der Waals surface area contributed by atoms with E-state index in [0.29, 0.717) is 13.2 Å². The zero-order valence-corrected chi connectivity index (χ0v) is 13.6. The van der Waals surface area contributed by atoms with E-state index in [-0.39, 0.29) is 0 Å². The lowest BCUT2D eigenvalue weighted by Gasteiger charge is -1.93. The summed E-state index contributed by atoms with van der Waals surface area (Å²) < 4.78 is 11.0. The van der Waals surface area contributed by atoms with Gasteiger partial charge < -0.3 is 0 Å². The average Bonchev–Trinajstić information content (AvgIpc) is 2.29. The van der Waals surface area contributed by atoms with Gasteiger partial charge in [0.15, 0.2) is 23.6 Å². The van der Waals surface area contributed by atoms with Gasteiger partial charge in [0.1, 0.15) is 25.5 Å². The molecule has 0 aliphatic carbocycles. The molecule has 0 saturated carbocycles. The van der Waals surface area contributed by atoms with Gasteiger partial charge >= 0.3 is 13.8 Å². The van der Waals surface area contributed by atoms with Crippen LogP contribution in [0.15, 0.2) is 0 Å². The normalized spacial score (nSPS) is 12.6. The molecule has 0 amide bonds. The smallest absolute Gasteiger partial charge is 0.166 e. The van der Waals surface area contributed by atoms with E-state index in [1.165, 1.54) is 25.7 Å². The van der Waals surface area contributed by atoms with Gasteiger partial charge in [-0.3, -0.25) is 0 Å². The van der Waals surface area contributed by atoms with Gasteiger partial charge in [-0.05, 0) is 12.8 Å². The second-order valence-electron chi connectivity index (χ2n) is 3.49. The maximum Gasteiger partial charge on any atom is 0.337 e. The summed E-state index contributed by atoms with van der Waals surface area (Å²) in [7, 11) is 0. The van der Waals surface area contributed by atoms with Crippen LogP contribution in [0, 0.1) is 0 Å². The molecular weight excluding hydrogens is 278 g/mol. The predicted molar refractivity (Wildman–Crippen MR) is 80.0 cm³/mol. The highest BCUT2D eigenvalue weighted by Crippen LogP contribution is 2.26. The van der Waals surface area contributed by atoms with Crippen molar-refractivity contribution in [3.05, 3.63) is 0 Å². The van der Waals surface area contributed by atoms with Crippen molar-refractivity contribution in [1.82, 2.24) is 0 Å². The van der Waals surface area contributed by atoms with E-state index in [1.54, 1.807) is 0 Å². The van der Waals surface area contributed by atoms with Crippen molar-refractivity contribution in [3.63, 3.8) is 0 Å². The molecule has 2 atom stereocenters. The SMILES string of the molecule is CCCC[P+](=S)OCCO[P+](=S)CCCC. The minimum absolute atomic E-state index is 0.612. The summed E-state index contributed by atoms with van der Waals surface area (Å²) in [6.45, 7) is 4.25. The molecule has 94 valence electrons. The van der Waals surface area contributed by atoms with Crippen LogP contribution in [0.2, 0.25) is 0 Å². The molecule has 0 spiro atoms. The quantitative estimate of drug-likeness (QED) is 0.417. The van der Waals surface area contributed by atoms with Crippen LogP contribution in [-0.2, 0) is 32.7 Å². The minimum Gasteiger partial charge on any atom is -0.166 e. The summed E-state index contributed by atoms with van der Waals surface area (Å²) in [5, 5.41) is 0. The van der Waals surface area contributed by atoms with Gasteiger partial charge in [-0.15, -0.1) is 0 Å². The summed E-state index contributed by atoms with van der Waals surface area (Å²) in [6, 6.07) is 0. The molecule has 6 heteroatoms. The molecule has 0 radical (unpaired) electrons. The van der Waals surface area contributed by atoms with Crippen LogP contribution in [0.5, 0.6) is 0 Å². The molecule has 0 rings (SSSR count). The molecule has 2 nitrogen and oxygen atoms in total. The lowest BCUT2D eigenvalue weighted by atomic mass is 10.4. The Labute approximate surface area is 111 Å². The van der Waals surface area contributed by atoms with Crippen LogP contribution in [-0.4, -0.2) is 25.5 Å². The molecule has 0 aromatic carbocycles. The maximum absolute atomic E-state index is 5.52. The Morgan fingerprint density at radius 1 is 0.812 bits per heavy atom. The lowest BCUT2D eigenvalue weighted by Crippen LogP contribution is -1.97. The first-order valence-corrected chi connectivity index (χ1v) is 10.8. The summed E-state index contributed by atoms with van der Waals surface area (Å²) in [6.07, 6.45) is 6.76. The zero-order valence-electron chi connectivity index (χ0n) is 10.2. The fourth-order valence-corrected chi connectivity index (χ4v) is 4.17. The van der Waals surface area contributed by atoms with Gasteiger partial charge in [0, 0.05) is 0 Å². The Bertz CT molecular complexity index is 191. The molecule has 0 aromatic rings. The molecule has 0 aliphatic heterocycles. The van der Waals surface area contributed by atoms with E-state index < -0.39 is 13.8 Å². The van der Waals surface area contributed by atoms with Gasteiger partial charge in [0.2, 0.25) is 0 Å². The minimum atomic E-state index is -0.652. The van der Waals surface area contributed by atoms with Gasteiger partial charge in [-0.2, -0.15) is 9.05 Å². The van der Waals surface area contributed by atoms with Gasteiger partial charge in [-0.25, -0.2) is 0 Å². The van der Waals surface area contributed by atoms with Crippen molar-refractivity contribution in [3.8, 4) is 0 Å². The van der Waals surface area contributed by atoms with E-state index >= 15 is 0 Å². The predicted octanol–water partition coefficient (Wildman–Crippen LogP) is 4.34. The van der Waals surface area contributed by atoms with E-state index in [0.717, 1.165) is 12.3 Å². The molecule has 0 aliphatic rings. The van der Waals surface area contributed by atoms with Gasteiger partial charge in [0.05, 0.1) is 0 Å². The van der Waals surface area contributed by atoms with E-state index in [1.807, 2.05) is 0 Å². The summed E-state index contributed by atoms with van der Waals surface area (Å²) in [4.78, 5) is 0. The Hall–Kier alpha value is 0.960. The van der Waals surface area contributed by atoms with Crippen LogP contribution in [0.1, 0.15) is 39.5 Å². The highest BCUT2D eigenvalue weighted by Gasteiger charge is 2.13. The lowest BCUT2D eigenvalue weighted by molar-refractivity contribution is 0.254. The number of hydrogen-bond donors (Lipinski definition) is 0. The Morgan fingerprint density at radius 2 is 1.19 bits per heavy atom. The van der Waals surface area contributed by atoms with Crippen LogP contribution in [0.4, 0.5) is 0 Å². The molecular formula is C10H22O2P2S2+2. The largest absolute Gasteiger partial charge is 0.337 e. The first kappa shape index (κ1) is 17.0. The fraction of sp³-hybridized carbons (Fsp3) is 1.00. The molecule has 2 unspecified atom stereocenters. The Kier molecular flexibility index (Phi) is 13.2. The van der Waals surface area contributed by atoms with E-state index in [9.17, 15) is 0 Å². The first-order valence-electron chi connectivity index (χ1n) is 5.85. The topological polar surface area (TPSA) is 18.5 Å². The highest BCUT2D eigenvalue weighted by molar-refractivity contribution is 8.03. The van der Waals surface area contributed by atoms with Crippen LogP contribution in [0.3, 0.4) is 0 Å². The molecule has 0 bridgehead atoms. The summed E-state index contributed by atoms with van der Waals surface area (Å²) in [5.41, 5.74) is 0. The third-order valence-corrected chi connectivity index (χ3v) is 5.97.